The van der Waals surface area contributed by atoms with Crippen molar-refractivity contribution < 1.29 is 4.79 Å². The van der Waals surface area contributed by atoms with Crippen LogP contribution < -0.4 is 0 Å². The van der Waals surface area contributed by atoms with Crippen LogP contribution in [0.5, 0.6) is 0 Å². The molecule has 0 atom stereocenters. The molecule has 34 valence electrons. The van der Waals surface area contributed by atoms with E-state index in [0.717, 1.165) is 5.92 Å². The Kier molecular flexibility index (Phi) is 2.73. The van der Waals surface area contributed by atoms with E-state index in [4.69, 9.17) is 0 Å². The molecule has 0 aromatic carbocycles. The highest BCUT2D eigenvalue weighted by molar-refractivity contribution is 5.53. The summed E-state index contributed by atoms with van der Waals surface area (Å²) in [7, 11) is 0. The number of hydrogen-bond donors (Lipinski definition) is 0. The van der Waals surface area contributed by atoms with Crippen LogP contribution in [0.1, 0.15) is 20.3 Å². The Morgan fingerprint density at radius 3 is 2.17 bits per heavy atom. The molecular weight excluding hydrogens is 76.1 g/mol. The summed E-state index contributed by atoms with van der Waals surface area (Å²) in [5.74, 6) is 1.12. The highest BCUT2D eigenvalue weighted by atomic mass is 16.1. The summed E-state index contributed by atoms with van der Waals surface area (Å²) in [6.07, 6.45) is 2.27. The Bertz CT molecular complexity index is 39.2. The van der Waals surface area contributed by atoms with Crippen molar-refractivity contribution in [2.24, 2.45) is 0 Å². The molecule has 0 rings (SSSR count). The van der Waals surface area contributed by atoms with Crippen LogP contribution >= 0.6 is 0 Å². The quantitative estimate of drug-likeness (QED) is 0.489. The van der Waals surface area contributed by atoms with Gasteiger partial charge in [0.05, 0.1) is 0 Å². The van der Waals surface area contributed by atoms with E-state index in [1.165, 1.54) is 0 Å². The van der Waals surface area contributed by atoms with Crippen molar-refractivity contribution in [3.8, 4) is 0 Å². The minimum Gasteiger partial charge on any atom is -0.291 e. The van der Waals surface area contributed by atoms with Crippen molar-refractivity contribution in [1.29, 1.82) is 0 Å². The van der Waals surface area contributed by atoms with Crippen LogP contribution in [-0.2, 0) is 4.79 Å². The van der Waals surface area contributed by atoms with E-state index in [1.54, 1.807) is 6.29 Å². The summed E-state index contributed by atoms with van der Waals surface area (Å²) in [6, 6.07) is 0. The lowest BCUT2D eigenvalue weighted by molar-refractivity contribution is 0.552. The molecule has 0 aromatic heterocycles. The van der Waals surface area contributed by atoms with E-state index >= 15 is 0 Å². The zero-order valence-electron chi connectivity index (χ0n) is 4.12. The molecule has 0 bridgehead atoms. The zero-order valence-corrected chi connectivity index (χ0v) is 4.12. The lowest BCUT2D eigenvalue weighted by atomic mass is 10.2. The van der Waals surface area contributed by atoms with Crippen LogP contribution in [0, 0.1) is 5.92 Å². The predicted octanol–water partition coefficient (Wildman–Crippen LogP) is 1.10. The minimum atomic E-state index is 0.486. The zero-order chi connectivity index (χ0) is 4.99. The third-order valence-corrected chi connectivity index (χ3v) is 0.426. The lowest BCUT2D eigenvalue weighted by Crippen LogP contribution is -1.81. The maximum Gasteiger partial charge on any atom is 0.198 e. The summed E-state index contributed by atoms with van der Waals surface area (Å²) >= 11 is 0. The normalized spacial score (nSPS) is 9.17. The molecule has 2 radical (unpaired) electrons. The first-order valence-electron chi connectivity index (χ1n) is 1.91. The molecule has 1 heteroatoms. The summed E-state index contributed by atoms with van der Waals surface area (Å²) in [5, 5.41) is 0. The van der Waals surface area contributed by atoms with E-state index in [1.807, 2.05) is 13.8 Å². The van der Waals surface area contributed by atoms with E-state index in [0.29, 0.717) is 6.42 Å². The fourth-order valence-electron chi connectivity index (χ4n) is 0.144. The largest absolute Gasteiger partial charge is 0.291 e. The van der Waals surface area contributed by atoms with E-state index < -0.39 is 0 Å². The van der Waals surface area contributed by atoms with Gasteiger partial charge in [0, 0.05) is 6.42 Å². The van der Waals surface area contributed by atoms with E-state index in [2.05, 4.69) is 0 Å². The van der Waals surface area contributed by atoms with Gasteiger partial charge in [-0.25, -0.2) is 0 Å². The van der Waals surface area contributed by atoms with Crippen LogP contribution in [0.2, 0.25) is 0 Å². The van der Waals surface area contributed by atoms with Gasteiger partial charge in [-0.15, -0.1) is 0 Å². The fourth-order valence-corrected chi connectivity index (χ4v) is 0.144. The molecule has 0 heterocycles. The van der Waals surface area contributed by atoms with Crippen molar-refractivity contribution in [1.82, 2.24) is 0 Å². The molecule has 0 saturated carbocycles. The molecule has 0 unspecified atom stereocenters. The standard InChI is InChI=1S/C5H8O/c1-5(2)3-4-6/h3H2,1-2H3. The number of rotatable bonds is 2. The number of carbonyl (C=O) groups excluding carboxylic acids is 1. The van der Waals surface area contributed by atoms with Gasteiger partial charge < -0.3 is 0 Å². The van der Waals surface area contributed by atoms with Crippen molar-refractivity contribution >= 4 is 6.29 Å². The van der Waals surface area contributed by atoms with Crippen LogP contribution in [0.4, 0.5) is 0 Å². The first-order chi connectivity index (χ1) is 2.77. The smallest absolute Gasteiger partial charge is 0.198 e. The highest BCUT2D eigenvalue weighted by Crippen LogP contribution is 1.95. The van der Waals surface area contributed by atoms with Gasteiger partial charge in [0.1, 0.15) is 0 Å². The summed E-state index contributed by atoms with van der Waals surface area (Å²) < 4.78 is 0. The topological polar surface area (TPSA) is 17.1 Å². The minimum absolute atomic E-state index is 0.486. The van der Waals surface area contributed by atoms with Crippen molar-refractivity contribution in [2.75, 3.05) is 0 Å². The Morgan fingerprint density at radius 1 is 1.67 bits per heavy atom. The summed E-state index contributed by atoms with van der Waals surface area (Å²) in [6.45, 7) is 3.82. The third kappa shape index (κ3) is 3.67. The average molecular weight is 84.1 g/mol. The van der Waals surface area contributed by atoms with Gasteiger partial charge in [-0.3, -0.25) is 4.79 Å². The second-order valence-corrected chi connectivity index (χ2v) is 1.53. The monoisotopic (exact) mass is 84.1 g/mol. The second-order valence-electron chi connectivity index (χ2n) is 1.53. The fraction of sp³-hybridized carbons (Fsp3) is 0.600. The van der Waals surface area contributed by atoms with Crippen LogP contribution in [-0.4, -0.2) is 6.29 Å². The molecule has 6 heavy (non-hydrogen) atoms. The van der Waals surface area contributed by atoms with Gasteiger partial charge in [-0.2, -0.15) is 0 Å². The average Bonchev–Trinajstić information content (AvgIpc) is 1.35. The highest BCUT2D eigenvalue weighted by Gasteiger charge is 1.88. The van der Waals surface area contributed by atoms with Gasteiger partial charge in [0.25, 0.3) is 0 Å². The summed E-state index contributed by atoms with van der Waals surface area (Å²) in [4.78, 5) is 9.47. The molecule has 0 spiro atoms. The molecule has 0 aliphatic rings. The van der Waals surface area contributed by atoms with Gasteiger partial charge in [-0.1, -0.05) is 13.8 Å². The first-order valence-corrected chi connectivity index (χ1v) is 1.91. The van der Waals surface area contributed by atoms with Crippen molar-refractivity contribution in [2.45, 2.75) is 20.3 Å². The van der Waals surface area contributed by atoms with Gasteiger partial charge >= 0.3 is 0 Å². The van der Waals surface area contributed by atoms with Crippen LogP contribution in [0.25, 0.3) is 0 Å². The molecule has 0 saturated heterocycles. The van der Waals surface area contributed by atoms with Crippen molar-refractivity contribution in [3.05, 3.63) is 5.92 Å². The molecule has 0 amide bonds. The Hall–Kier alpha value is -0.330. The maximum atomic E-state index is 9.47. The lowest BCUT2D eigenvalue weighted by Gasteiger charge is -1.88. The Labute approximate surface area is 38.4 Å². The van der Waals surface area contributed by atoms with E-state index in [9.17, 15) is 4.79 Å². The molecule has 0 aliphatic carbocycles. The van der Waals surface area contributed by atoms with Crippen LogP contribution in [0.15, 0.2) is 0 Å². The predicted molar refractivity (Wildman–Crippen MR) is 24.9 cm³/mol. The van der Waals surface area contributed by atoms with Crippen LogP contribution in [0.3, 0.4) is 0 Å². The first kappa shape index (κ1) is 5.67. The molecule has 0 aliphatic heterocycles. The molecular formula is C5H8O. The Morgan fingerprint density at radius 2 is 2.17 bits per heavy atom. The maximum absolute atomic E-state index is 9.47. The molecule has 0 fully saturated rings. The van der Waals surface area contributed by atoms with Gasteiger partial charge in [0.2, 0.25) is 0 Å². The second kappa shape index (κ2) is 2.88. The van der Waals surface area contributed by atoms with Gasteiger partial charge in [-0.05, 0) is 5.92 Å². The number of hydrogen-bond acceptors (Lipinski definition) is 1. The van der Waals surface area contributed by atoms with E-state index in [-0.39, 0.29) is 0 Å². The molecule has 0 N–H and O–H groups in total. The third-order valence-electron chi connectivity index (χ3n) is 0.426. The van der Waals surface area contributed by atoms with Crippen molar-refractivity contribution in [3.63, 3.8) is 0 Å². The summed E-state index contributed by atoms with van der Waals surface area (Å²) in [5.41, 5.74) is 0. The van der Waals surface area contributed by atoms with Gasteiger partial charge in [0.15, 0.2) is 6.29 Å². The SMILES string of the molecule is C[C](C)C[C]=O. The Balaban J connectivity index is 2.81. The molecule has 0 aromatic rings. The molecule has 1 nitrogen and oxygen atoms in total.